The topological polar surface area (TPSA) is 495 Å². The minimum atomic E-state index is -1.37. The van der Waals surface area contributed by atoms with Crippen LogP contribution in [0.5, 0.6) is 0 Å². The molecule has 28 heteroatoms. The predicted octanol–water partition coefficient (Wildman–Crippen LogP) is -1.82. The lowest BCUT2D eigenvalue weighted by molar-refractivity contribution is -0.142. The minimum absolute atomic E-state index is 0.0419. The van der Waals surface area contributed by atoms with Crippen LogP contribution in [0.4, 0.5) is 0 Å². The quantitative estimate of drug-likeness (QED) is 0.0200. The van der Waals surface area contributed by atoms with E-state index in [1.165, 1.54) is 0 Å². The molecule has 0 radical (unpaired) electrons. The van der Waals surface area contributed by atoms with Crippen LogP contribution in [0, 0.1) is 34.0 Å². The fourth-order valence-electron chi connectivity index (χ4n) is 8.57. The number of hydrogen-bond donors (Lipinski definition) is 20. The number of benzene rings is 1. The Morgan fingerprint density at radius 2 is 0.988 bits per heavy atom. The molecule has 2 rings (SSSR count). The van der Waals surface area contributed by atoms with E-state index >= 15 is 0 Å². The molecule has 80 heavy (non-hydrogen) atoms. The number of hydrogen-bond acceptors (Lipinski definition) is 13. The molecule has 0 fully saturated rings. The summed E-state index contributed by atoms with van der Waals surface area (Å²) in [5, 5.41) is 60.3. The van der Waals surface area contributed by atoms with Gasteiger partial charge in [-0.05, 0) is 107 Å². The van der Waals surface area contributed by atoms with Gasteiger partial charge in [-0.25, -0.2) is 4.79 Å². The maximum atomic E-state index is 14.5. The van der Waals surface area contributed by atoms with Crippen LogP contribution >= 0.6 is 0 Å². The largest absolute Gasteiger partial charge is 0.480 e. The zero-order valence-electron chi connectivity index (χ0n) is 47.2. The molecule has 0 unspecified atom stereocenters. The van der Waals surface area contributed by atoms with Crippen LogP contribution in [-0.2, 0) is 44.8 Å². The molecule has 1 aromatic carbocycles. The van der Waals surface area contributed by atoms with Gasteiger partial charge in [0.05, 0.1) is 6.04 Å². The van der Waals surface area contributed by atoms with Crippen LogP contribution in [0.1, 0.15) is 118 Å². The number of nitrogens with two attached hydrogens (primary N) is 5. The van der Waals surface area contributed by atoms with E-state index in [-0.39, 0.29) is 101 Å². The summed E-state index contributed by atoms with van der Waals surface area (Å²) >= 11 is 0. The summed E-state index contributed by atoms with van der Waals surface area (Å²) < 4.78 is 0. The highest BCUT2D eigenvalue weighted by atomic mass is 16.4. The van der Waals surface area contributed by atoms with Crippen LogP contribution in [0.2, 0.25) is 0 Å². The molecule has 0 aliphatic rings. The molecular weight excluding hydrogens is 1030 g/mol. The molecule has 25 N–H and O–H groups in total. The number of amides is 7. The third-order valence-corrected chi connectivity index (χ3v) is 13.2. The monoisotopic (exact) mass is 1130 g/mol. The average molecular weight is 1130 g/mol. The number of unbranched alkanes of at least 4 members (excludes halogenated alkanes) is 1. The van der Waals surface area contributed by atoms with Crippen LogP contribution in [0.25, 0.3) is 10.9 Å². The zero-order valence-corrected chi connectivity index (χ0v) is 47.2. The van der Waals surface area contributed by atoms with Gasteiger partial charge in [0.15, 0.2) is 17.9 Å². The minimum Gasteiger partial charge on any atom is -0.480 e. The fraction of sp³-hybridized carbons (Fsp3) is 0.635. The highest BCUT2D eigenvalue weighted by Gasteiger charge is 2.36. The van der Waals surface area contributed by atoms with Crippen molar-refractivity contribution < 1.29 is 43.5 Å². The Labute approximate surface area is 468 Å². The number of para-hydroxylation sites is 1. The molecule has 448 valence electrons. The second-order valence-electron chi connectivity index (χ2n) is 20.8. The first-order chi connectivity index (χ1) is 37.8. The van der Waals surface area contributed by atoms with E-state index in [1.54, 1.807) is 33.9 Å². The average Bonchev–Trinajstić information content (AvgIpc) is 3.80. The number of carbonyl (C=O) groups excluding carboxylic acids is 7. The van der Waals surface area contributed by atoms with E-state index in [9.17, 15) is 43.5 Å². The number of guanidine groups is 3. The van der Waals surface area contributed by atoms with Crippen molar-refractivity contribution in [1.29, 1.82) is 16.2 Å². The molecule has 0 aliphatic carbocycles. The van der Waals surface area contributed by atoms with Gasteiger partial charge in [0.25, 0.3) is 0 Å². The summed E-state index contributed by atoms with van der Waals surface area (Å²) in [6.07, 6.45) is 4.00. The first kappa shape index (κ1) is 68.4. The zero-order chi connectivity index (χ0) is 60.1. The van der Waals surface area contributed by atoms with E-state index in [1.807, 2.05) is 38.1 Å². The second kappa shape index (κ2) is 35.7. The molecule has 2 aromatic rings. The van der Waals surface area contributed by atoms with E-state index in [0.29, 0.717) is 25.8 Å². The van der Waals surface area contributed by atoms with Crippen molar-refractivity contribution in [2.24, 2.45) is 46.4 Å². The van der Waals surface area contributed by atoms with Gasteiger partial charge < -0.3 is 91.9 Å². The maximum Gasteiger partial charge on any atom is 0.326 e. The number of H-pyrrole nitrogens is 1. The van der Waals surface area contributed by atoms with Gasteiger partial charge in [-0.15, -0.1) is 0 Å². The Morgan fingerprint density at radius 3 is 1.46 bits per heavy atom. The van der Waals surface area contributed by atoms with Crippen LogP contribution < -0.4 is 81.8 Å². The number of carboxylic acids is 1. The second-order valence-corrected chi connectivity index (χ2v) is 20.8. The number of rotatable bonds is 38. The predicted molar refractivity (Wildman–Crippen MR) is 305 cm³/mol. The smallest absolute Gasteiger partial charge is 0.326 e. The molecule has 7 amide bonds. The Bertz CT molecular complexity index is 2380. The van der Waals surface area contributed by atoms with Gasteiger partial charge in [-0.2, -0.15) is 0 Å². The van der Waals surface area contributed by atoms with Crippen LogP contribution in [-0.4, -0.2) is 150 Å². The lowest BCUT2D eigenvalue weighted by Crippen LogP contribution is -2.61. The molecule has 9 atom stereocenters. The first-order valence-electron chi connectivity index (χ1n) is 27.4. The van der Waals surface area contributed by atoms with Gasteiger partial charge in [-0.1, -0.05) is 66.2 Å². The maximum absolute atomic E-state index is 14.5. The number of aliphatic carboxylic acids is 1. The van der Waals surface area contributed by atoms with Gasteiger partial charge in [0.1, 0.15) is 42.3 Å². The standard InChI is InChI=1S/C52H91N19O9/c1-7-30(6)41(48(78)69-39(25-28(2)3)46(76)68-38(49(79)80)17-10-11-21-53)71-45(75)37(20-14-24-63-52(59)60)66-43(73)35(18-12-22-61-50(55)56)67-47(77)40(29(4)5)70-44(74)36(19-13-23-62-51(57)58)65-42(72)33(54)26-31-27-64-34-16-9-8-15-32(31)34/h8-9,15-16,27-30,33,35-41,64H,7,10-14,17-26,53-54H2,1-6H3,(H,65,72)(H,66,73)(H,67,77)(H,68,76)(H,69,78)(H,70,74)(H,71,75)(H,79,80)(H4,55,56,61)(H4,57,58,62)(H4,59,60,63)/t30-,33-,35-,36-,37-,38-,39-,40-,41-/m0/s1. The van der Waals surface area contributed by atoms with Crippen molar-refractivity contribution in [3.8, 4) is 0 Å². The molecule has 1 aromatic heterocycles. The summed E-state index contributed by atoms with van der Waals surface area (Å²) in [6.45, 7) is 11.2. The van der Waals surface area contributed by atoms with E-state index in [0.717, 1.165) is 16.5 Å². The number of aromatic amines is 1. The summed E-state index contributed by atoms with van der Waals surface area (Å²) in [4.78, 5) is 114. The normalized spacial score (nSPS) is 14.6. The summed E-state index contributed by atoms with van der Waals surface area (Å²) in [5.41, 5.74) is 30.1. The first-order valence-corrected chi connectivity index (χ1v) is 27.4. The van der Waals surface area contributed by atoms with Gasteiger partial charge >= 0.3 is 5.97 Å². The molecule has 0 spiro atoms. The number of nitrogens with one attached hydrogen (secondary N) is 14. The lowest BCUT2D eigenvalue weighted by atomic mass is 9.96. The Morgan fingerprint density at radius 1 is 0.562 bits per heavy atom. The summed E-state index contributed by atoms with van der Waals surface area (Å²) in [7, 11) is 0. The van der Waals surface area contributed by atoms with Crippen molar-refractivity contribution in [3.63, 3.8) is 0 Å². The van der Waals surface area contributed by atoms with Crippen molar-refractivity contribution >= 4 is 76.1 Å². The van der Waals surface area contributed by atoms with Gasteiger partial charge in [-0.3, -0.25) is 49.8 Å². The Balaban J connectivity index is 2.46. The number of aromatic nitrogens is 1. The molecule has 0 aliphatic heterocycles. The van der Waals surface area contributed by atoms with Crippen molar-refractivity contribution in [1.82, 2.24) is 58.2 Å². The fourth-order valence-corrected chi connectivity index (χ4v) is 8.57. The molecule has 1 heterocycles. The third kappa shape index (κ3) is 24.9. The molecule has 0 bridgehead atoms. The summed E-state index contributed by atoms with van der Waals surface area (Å²) in [6, 6.07) is -2.50. The third-order valence-electron chi connectivity index (χ3n) is 13.2. The molecule has 0 saturated heterocycles. The van der Waals surface area contributed by atoms with E-state index < -0.39 is 107 Å². The van der Waals surface area contributed by atoms with Crippen molar-refractivity contribution in [3.05, 3.63) is 36.0 Å². The lowest BCUT2D eigenvalue weighted by Gasteiger charge is -2.30. The van der Waals surface area contributed by atoms with Gasteiger partial charge in [0.2, 0.25) is 41.4 Å². The Hall–Kier alpha value is -7.75. The van der Waals surface area contributed by atoms with E-state index in [2.05, 4.69) is 58.2 Å². The number of carbonyl (C=O) groups is 8. The van der Waals surface area contributed by atoms with E-state index in [4.69, 9.17) is 44.9 Å². The molecular formula is C52H91N19O9. The number of fused-ring (bicyclic) bond motifs is 1. The summed E-state index contributed by atoms with van der Waals surface area (Å²) in [5.74, 6) is -8.75. The highest BCUT2D eigenvalue weighted by Crippen LogP contribution is 2.19. The molecule has 0 saturated carbocycles. The van der Waals surface area contributed by atoms with Crippen LogP contribution in [0.3, 0.4) is 0 Å². The van der Waals surface area contributed by atoms with Gasteiger partial charge in [0, 0.05) is 36.7 Å². The SMILES string of the molecule is CC[C@H](C)[C@H](NC(=O)[C@H](CCCNC(=N)N)NC(=O)[C@H](CCCNC(=N)N)NC(=O)[C@@H](NC(=O)[C@H](CCCNC(=N)N)NC(=O)[C@@H](N)Cc1c[nH]c2ccccc12)C(C)C)C(=O)N[C@@H](CC(C)C)C(=O)N[C@@H](CCCCN)C(=O)O. The highest BCUT2D eigenvalue weighted by molar-refractivity contribution is 5.98. The van der Waals surface area contributed by atoms with Crippen molar-refractivity contribution in [2.45, 2.75) is 167 Å². The Kier molecular flexibility index (Phi) is 30.5. The molecule has 28 nitrogen and oxygen atoms in total. The number of carboxylic acid groups (broad SMARTS) is 1. The van der Waals surface area contributed by atoms with Crippen molar-refractivity contribution in [2.75, 3.05) is 26.2 Å². The van der Waals surface area contributed by atoms with Crippen LogP contribution in [0.15, 0.2) is 30.5 Å².